The minimum absolute atomic E-state index is 0.0946. The van der Waals surface area contributed by atoms with Crippen LogP contribution in [0.3, 0.4) is 0 Å². The fraction of sp³-hybridized carbons (Fsp3) is 0.733. The minimum Gasteiger partial charge on any atom is -0.458 e. The number of aliphatic hydroxyl groups excluding tert-OH is 1. The number of rotatable bonds is 7. The average molecular weight is 268 g/mol. The third-order valence-corrected chi connectivity index (χ3v) is 3.38. The number of unbranched alkanes of at least 4 members (excludes halogenated alkanes) is 2. The van der Waals surface area contributed by atoms with Crippen LogP contribution in [0.15, 0.2) is 12.2 Å². The molecule has 0 radical (unpaired) electrons. The molecule has 0 bridgehead atoms. The van der Waals surface area contributed by atoms with Gasteiger partial charge in [0.15, 0.2) is 0 Å². The third kappa shape index (κ3) is 6.01. The highest BCUT2D eigenvalue weighted by molar-refractivity contribution is 5.81. The summed E-state index contributed by atoms with van der Waals surface area (Å²) >= 11 is 0. The molecule has 0 aromatic heterocycles. The summed E-state index contributed by atoms with van der Waals surface area (Å²) in [5, 5.41) is 9.69. The summed E-state index contributed by atoms with van der Waals surface area (Å²) in [4.78, 5) is 22.3. The second-order valence-corrected chi connectivity index (χ2v) is 5.21. The Bertz CT molecular complexity index is 335. The smallest absolute Gasteiger partial charge is 0.303 e. The minimum atomic E-state index is -0.586. The molecule has 0 aromatic carbocycles. The Labute approximate surface area is 114 Å². The number of ketones is 1. The third-order valence-electron chi connectivity index (χ3n) is 3.38. The quantitative estimate of drug-likeness (QED) is 0.437. The van der Waals surface area contributed by atoms with Gasteiger partial charge in [-0.25, -0.2) is 0 Å². The van der Waals surface area contributed by atoms with Gasteiger partial charge in [0.05, 0.1) is 6.10 Å². The van der Waals surface area contributed by atoms with Crippen molar-refractivity contribution in [3.63, 3.8) is 0 Å². The molecule has 1 saturated carbocycles. The summed E-state index contributed by atoms with van der Waals surface area (Å²) in [5.74, 6) is -0.330. The summed E-state index contributed by atoms with van der Waals surface area (Å²) in [6.45, 7) is 3.52. The van der Waals surface area contributed by atoms with Crippen LogP contribution in [0.1, 0.15) is 52.4 Å². The van der Waals surface area contributed by atoms with E-state index < -0.39 is 6.10 Å². The number of carbonyl (C=O) groups is 2. The van der Waals surface area contributed by atoms with E-state index in [1.54, 1.807) is 0 Å². The average Bonchev–Trinajstić information content (AvgIpc) is 2.64. The van der Waals surface area contributed by atoms with Gasteiger partial charge in [-0.15, -0.1) is 0 Å². The molecule has 0 saturated heterocycles. The van der Waals surface area contributed by atoms with Gasteiger partial charge in [-0.05, 0) is 18.9 Å². The zero-order valence-electron chi connectivity index (χ0n) is 11.8. The van der Waals surface area contributed by atoms with Crippen molar-refractivity contribution in [1.29, 1.82) is 0 Å². The molecule has 0 amide bonds. The van der Waals surface area contributed by atoms with Gasteiger partial charge < -0.3 is 9.84 Å². The van der Waals surface area contributed by atoms with E-state index in [1.165, 1.54) is 6.92 Å². The van der Waals surface area contributed by atoms with E-state index in [2.05, 4.69) is 6.92 Å². The van der Waals surface area contributed by atoms with Crippen molar-refractivity contribution in [1.82, 2.24) is 0 Å². The van der Waals surface area contributed by atoms with Crippen molar-refractivity contribution in [2.24, 2.45) is 5.92 Å². The van der Waals surface area contributed by atoms with Gasteiger partial charge in [0.25, 0.3) is 0 Å². The summed E-state index contributed by atoms with van der Waals surface area (Å²) in [6, 6.07) is 0. The number of hydrogen-bond acceptors (Lipinski definition) is 4. The normalized spacial score (nSPS) is 24.9. The second-order valence-electron chi connectivity index (χ2n) is 5.21. The maximum atomic E-state index is 11.2. The molecule has 1 aliphatic carbocycles. The summed E-state index contributed by atoms with van der Waals surface area (Å²) in [6.07, 6.45) is 7.47. The molecule has 3 atom stereocenters. The Morgan fingerprint density at radius 2 is 2.21 bits per heavy atom. The van der Waals surface area contributed by atoms with E-state index in [-0.39, 0.29) is 30.2 Å². The van der Waals surface area contributed by atoms with Gasteiger partial charge >= 0.3 is 5.97 Å². The van der Waals surface area contributed by atoms with Crippen LogP contribution in [0, 0.1) is 5.92 Å². The van der Waals surface area contributed by atoms with Crippen molar-refractivity contribution < 1.29 is 19.4 Å². The zero-order chi connectivity index (χ0) is 14.3. The molecule has 4 nitrogen and oxygen atoms in total. The molecule has 4 heteroatoms. The van der Waals surface area contributed by atoms with Crippen LogP contribution in [0.5, 0.6) is 0 Å². The Balaban J connectivity index is 2.50. The highest BCUT2D eigenvalue weighted by atomic mass is 16.5. The molecule has 0 spiro atoms. The molecule has 1 fully saturated rings. The Kier molecular flexibility index (Phi) is 6.78. The molecule has 19 heavy (non-hydrogen) atoms. The first-order chi connectivity index (χ1) is 9.02. The molecule has 1 rings (SSSR count). The Hall–Kier alpha value is -1.16. The molecule has 1 N–H and O–H groups in total. The molecule has 0 heterocycles. The van der Waals surface area contributed by atoms with Crippen molar-refractivity contribution in [3.8, 4) is 0 Å². The number of aliphatic hydroxyl groups is 1. The van der Waals surface area contributed by atoms with E-state index in [0.29, 0.717) is 6.42 Å². The van der Waals surface area contributed by atoms with Crippen molar-refractivity contribution in [2.45, 2.75) is 64.6 Å². The van der Waals surface area contributed by atoms with Gasteiger partial charge in [-0.1, -0.05) is 25.8 Å². The maximum absolute atomic E-state index is 11.2. The molecule has 108 valence electrons. The number of Topliss-reactive ketones (excluding diaryl/α,β-unsaturated/α-hetero) is 1. The molecular weight excluding hydrogens is 244 g/mol. The Morgan fingerprint density at radius 3 is 2.74 bits per heavy atom. The van der Waals surface area contributed by atoms with Crippen LogP contribution in [-0.4, -0.2) is 29.1 Å². The van der Waals surface area contributed by atoms with Crippen molar-refractivity contribution >= 4 is 11.8 Å². The van der Waals surface area contributed by atoms with E-state index in [9.17, 15) is 14.7 Å². The van der Waals surface area contributed by atoms with E-state index >= 15 is 0 Å². The van der Waals surface area contributed by atoms with Crippen LogP contribution < -0.4 is 0 Å². The van der Waals surface area contributed by atoms with Crippen LogP contribution in [-0.2, 0) is 14.3 Å². The van der Waals surface area contributed by atoms with Gasteiger partial charge in [0.1, 0.15) is 11.9 Å². The van der Waals surface area contributed by atoms with Gasteiger partial charge in [-0.3, -0.25) is 9.59 Å². The monoisotopic (exact) mass is 268 g/mol. The van der Waals surface area contributed by atoms with Gasteiger partial charge in [0, 0.05) is 25.7 Å². The predicted octanol–water partition coefficient (Wildman–Crippen LogP) is 2.39. The van der Waals surface area contributed by atoms with E-state index in [4.69, 9.17) is 4.74 Å². The van der Waals surface area contributed by atoms with E-state index in [1.807, 2.05) is 12.2 Å². The number of esters is 1. The van der Waals surface area contributed by atoms with Crippen LogP contribution in [0.25, 0.3) is 0 Å². The number of hydrogen-bond donors (Lipinski definition) is 1. The topological polar surface area (TPSA) is 63.6 Å². The molecule has 0 aliphatic heterocycles. The first-order valence-corrected chi connectivity index (χ1v) is 7.08. The summed E-state index contributed by atoms with van der Waals surface area (Å²) in [5.41, 5.74) is 0. The summed E-state index contributed by atoms with van der Waals surface area (Å²) in [7, 11) is 0. The van der Waals surface area contributed by atoms with Crippen molar-refractivity contribution in [3.05, 3.63) is 12.2 Å². The maximum Gasteiger partial charge on any atom is 0.303 e. The van der Waals surface area contributed by atoms with Crippen molar-refractivity contribution in [2.75, 3.05) is 0 Å². The van der Waals surface area contributed by atoms with Crippen LogP contribution in [0.4, 0.5) is 0 Å². The molecular formula is C15H24O4. The zero-order valence-corrected chi connectivity index (χ0v) is 11.8. The number of carbonyl (C=O) groups excluding carboxylic acids is 2. The molecule has 0 aromatic rings. The fourth-order valence-corrected chi connectivity index (χ4v) is 2.33. The Morgan fingerprint density at radius 1 is 1.47 bits per heavy atom. The molecule has 1 aliphatic rings. The van der Waals surface area contributed by atoms with Gasteiger partial charge in [-0.2, -0.15) is 0 Å². The summed E-state index contributed by atoms with van der Waals surface area (Å²) < 4.78 is 5.23. The van der Waals surface area contributed by atoms with E-state index in [0.717, 1.165) is 25.7 Å². The lowest BCUT2D eigenvalue weighted by atomic mass is 10.0. The number of ether oxygens (including phenoxy) is 1. The highest BCUT2D eigenvalue weighted by Gasteiger charge is 2.29. The highest BCUT2D eigenvalue weighted by Crippen LogP contribution is 2.24. The van der Waals surface area contributed by atoms with Crippen LogP contribution in [0.2, 0.25) is 0 Å². The van der Waals surface area contributed by atoms with Gasteiger partial charge in [0.2, 0.25) is 0 Å². The first-order valence-electron chi connectivity index (χ1n) is 7.08. The fourth-order valence-electron chi connectivity index (χ4n) is 2.33. The second kappa shape index (κ2) is 8.10. The molecule has 0 unspecified atom stereocenters. The standard InChI is InChI=1S/C15H24O4/c1-3-4-5-6-14(19-11(2)16)8-7-12-9-13(17)10-15(12)18/h7-8,12,14-15,18H,3-6,9-10H2,1-2H3/t12-,14-,15+/m0/s1. The lowest BCUT2D eigenvalue weighted by Crippen LogP contribution is -2.16. The predicted molar refractivity (Wildman–Crippen MR) is 72.6 cm³/mol. The lowest BCUT2D eigenvalue weighted by molar-refractivity contribution is -0.144. The largest absolute Gasteiger partial charge is 0.458 e. The SMILES string of the molecule is CCCCC[C@@H](C=C[C@H]1CC(=O)C[C@H]1O)OC(C)=O. The van der Waals surface area contributed by atoms with Crippen LogP contribution >= 0.6 is 0 Å². The lowest BCUT2D eigenvalue weighted by Gasteiger charge is -2.14. The first kappa shape index (κ1) is 15.9.